The second-order valence-corrected chi connectivity index (χ2v) is 5.55. The minimum Gasteiger partial charge on any atom is -0.495 e. The van der Waals surface area contributed by atoms with Crippen molar-refractivity contribution in [1.82, 2.24) is 10.6 Å². The third kappa shape index (κ3) is 7.62. The van der Waals surface area contributed by atoms with Crippen LogP contribution in [-0.2, 0) is 4.79 Å². The molecule has 1 aromatic carbocycles. The number of carbonyl (C=O) groups excluding carboxylic acids is 1. The Morgan fingerprint density at radius 3 is 2.83 bits per heavy atom. The number of nitrogens with one attached hydrogen (secondary N) is 3. The summed E-state index contributed by atoms with van der Waals surface area (Å²) in [6.07, 6.45) is 3.54. The van der Waals surface area contributed by atoms with Crippen LogP contribution >= 0.6 is 36.4 Å². The zero-order chi connectivity index (χ0) is 15.8. The van der Waals surface area contributed by atoms with Gasteiger partial charge in [0.05, 0.1) is 12.8 Å². The van der Waals surface area contributed by atoms with Crippen molar-refractivity contribution in [2.45, 2.75) is 12.8 Å². The fourth-order valence-corrected chi connectivity index (χ4v) is 2.43. The topological polar surface area (TPSA) is 62.4 Å². The highest BCUT2D eigenvalue weighted by Crippen LogP contribution is 2.27. The number of halogens is 3. The van der Waals surface area contributed by atoms with Gasteiger partial charge in [0.1, 0.15) is 5.75 Å². The first-order valence-corrected chi connectivity index (χ1v) is 7.79. The van der Waals surface area contributed by atoms with Crippen LogP contribution in [0.25, 0.3) is 0 Å². The van der Waals surface area contributed by atoms with Crippen molar-refractivity contribution >= 4 is 48.0 Å². The highest BCUT2D eigenvalue weighted by atomic mass is 35.5. The van der Waals surface area contributed by atoms with Crippen LogP contribution in [-0.4, -0.2) is 39.2 Å². The summed E-state index contributed by atoms with van der Waals surface area (Å²) in [7, 11) is 1.61. The molecule has 0 saturated heterocycles. The van der Waals surface area contributed by atoms with Gasteiger partial charge in [0.25, 0.3) is 0 Å². The molecule has 0 saturated carbocycles. The summed E-state index contributed by atoms with van der Waals surface area (Å²) in [4.78, 5) is 11.8. The maximum absolute atomic E-state index is 11.8. The molecule has 0 unspecified atom stereocenters. The summed E-state index contributed by atoms with van der Waals surface area (Å²) in [5.74, 6) is 0.748. The molecule has 5 nitrogen and oxygen atoms in total. The van der Waals surface area contributed by atoms with Crippen molar-refractivity contribution < 1.29 is 9.53 Å². The summed E-state index contributed by atoms with van der Waals surface area (Å²) in [5.41, 5.74) is 2.08. The minimum atomic E-state index is 0. The normalized spacial score (nSPS) is 13.0. The SMILES string of the molecule is COc1ccc(Cl)cc1NCCC(=O)NCC1=CCNCC1.Cl.Cl. The van der Waals surface area contributed by atoms with E-state index in [1.54, 1.807) is 25.3 Å². The zero-order valence-electron chi connectivity index (χ0n) is 13.6. The van der Waals surface area contributed by atoms with E-state index < -0.39 is 0 Å². The summed E-state index contributed by atoms with van der Waals surface area (Å²) in [6.45, 7) is 3.04. The molecule has 0 atom stereocenters. The van der Waals surface area contributed by atoms with Crippen LogP contribution in [0.3, 0.4) is 0 Å². The van der Waals surface area contributed by atoms with E-state index in [9.17, 15) is 4.79 Å². The van der Waals surface area contributed by atoms with Gasteiger partial charge >= 0.3 is 0 Å². The molecule has 0 aromatic heterocycles. The Kier molecular flexibility index (Phi) is 11.7. The molecular formula is C16H24Cl3N3O2. The largest absolute Gasteiger partial charge is 0.495 e. The number of hydrogen-bond donors (Lipinski definition) is 3. The quantitative estimate of drug-likeness (QED) is 0.620. The van der Waals surface area contributed by atoms with Crippen LogP contribution in [0.15, 0.2) is 29.8 Å². The predicted octanol–water partition coefficient (Wildman–Crippen LogP) is 3.03. The summed E-state index contributed by atoms with van der Waals surface area (Å²) >= 11 is 5.96. The lowest BCUT2D eigenvalue weighted by molar-refractivity contribution is -0.120. The summed E-state index contributed by atoms with van der Waals surface area (Å²) < 4.78 is 5.25. The van der Waals surface area contributed by atoms with Gasteiger partial charge in [-0.15, -0.1) is 24.8 Å². The van der Waals surface area contributed by atoms with Crippen molar-refractivity contribution in [3.05, 3.63) is 34.9 Å². The van der Waals surface area contributed by atoms with Crippen molar-refractivity contribution in [3.63, 3.8) is 0 Å². The van der Waals surface area contributed by atoms with Crippen LogP contribution in [0.5, 0.6) is 5.75 Å². The maximum Gasteiger partial charge on any atom is 0.222 e. The van der Waals surface area contributed by atoms with Gasteiger partial charge in [-0.1, -0.05) is 23.3 Å². The van der Waals surface area contributed by atoms with Crippen LogP contribution < -0.4 is 20.7 Å². The highest BCUT2D eigenvalue weighted by Gasteiger charge is 2.07. The molecule has 1 heterocycles. The van der Waals surface area contributed by atoms with E-state index in [2.05, 4.69) is 22.0 Å². The molecule has 0 aliphatic carbocycles. The van der Waals surface area contributed by atoms with Gasteiger partial charge in [-0.05, 0) is 31.2 Å². The molecule has 0 spiro atoms. The number of hydrogen-bond acceptors (Lipinski definition) is 4. The van der Waals surface area contributed by atoms with Crippen LogP contribution in [0.4, 0.5) is 5.69 Å². The van der Waals surface area contributed by atoms with Gasteiger partial charge in [0.15, 0.2) is 0 Å². The lowest BCUT2D eigenvalue weighted by atomic mass is 10.1. The molecule has 8 heteroatoms. The van der Waals surface area contributed by atoms with E-state index in [1.807, 2.05) is 0 Å². The molecule has 1 aliphatic rings. The van der Waals surface area contributed by atoms with E-state index in [4.69, 9.17) is 16.3 Å². The molecule has 24 heavy (non-hydrogen) atoms. The number of amides is 1. The van der Waals surface area contributed by atoms with Gasteiger partial charge in [-0.2, -0.15) is 0 Å². The molecule has 0 bridgehead atoms. The molecule has 0 fully saturated rings. The minimum absolute atomic E-state index is 0. The summed E-state index contributed by atoms with van der Waals surface area (Å²) in [5, 5.41) is 10.0. The van der Waals surface area contributed by atoms with Gasteiger partial charge in [-0.3, -0.25) is 4.79 Å². The average molecular weight is 397 g/mol. The van der Waals surface area contributed by atoms with Crippen LogP contribution in [0, 0.1) is 0 Å². The van der Waals surface area contributed by atoms with Gasteiger partial charge < -0.3 is 20.7 Å². The Morgan fingerprint density at radius 1 is 1.38 bits per heavy atom. The molecule has 1 aromatic rings. The van der Waals surface area contributed by atoms with Crippen molar-refractivity contribution in [3.8, 4) is 5.75 Å². The molecule has 136 valence electrons. The standard InChI is InChI=1S/C16H22ClN3O2.2ClH/c1-22-15-3-2-13(17)10-14(15)19-9-6-16(21)20-11-12-4-7-18-8-5-12;;/h2-4,10,18-19H,5-9,11H2,1H3,(H,20,21);2*1H. The van der Waals surface area contributed by atoms with Crippen LogP contribution in [0.1, 0.15) is 12.8 Å². The average Bonchev–Trinajstić information content (AvgIpc) is 2.54. The number of benzene rings is 1. The van der Waals surface area contributed by atoms with Gasteiger partial charge in [-0.25, -0.2) is 0 Å². The number of methoxy groups -OCH3 is 1. The first kappa shape index (κ1) is 22.9. The van der Waals surface area contributed by atoms with Crippen molar-refractivity contribution in [1.29, 1.82) is 0 Å². The van der Waals surface area contributed by atoms with Crippen molar-refractivity contribution in [2.75, 3.05) is 38.6 Å². The van der Waals surface area contributed by atoms with E-state index in [-0.39, 0.29) is 30.7 Å². The molecule has 0 radical (unpaired) electrons. The first-order valence-electron chi connectivity index (χ1n) is 7.42. The molecule has 2 rings (SSSR count). The van der Waals surface area contributed by atoms with E-state index in [0.29, 0.717) is 30.3 Å². The smallest absolute Gasteiger partial charge is 0.222 e. The molecule has 1 amide bonds. The Balaban J connectivity index is 0.00000264. The second-order valence-electron chi connectivity index (χ2n) is 5.11. The van der Waals surface area contributed by atoms with E-state index >= 15 is 0 Å². The Hall–Kier alpha value is -1.14. The Bertz CT molecular complexity index is 553. The number of rotatable bonds is 7. The van der Waals surface area contributed by atoms with Crippen LogP contribution in [0.2, 0.25) is 5.02 Å². The Morgan fingerprint density at radius 2 is 2.17 bits per heavy atom. The number of anilines is 1. The zero-order valence-corrected chi connectivity index (χ0v) is 16.0. The van der Waals surface area contributed by atoms with Gasteiger partial charge in [0.2, 0.25) is 5.91 Å². The van der Waals surface area contributed by atoms with E-state index in [1.165, 1.54) is 5.57 Å². The van der Waals surface area contributed by atoms with E-state index in [0.717, 1.165) is 25.2 Å². The van der Waals surface area contributed by atoms with Gasteiger partial charge in [0, 0.05) is 31.1 Å². The molecular weight excluding hydrogens is 373 g/mol. The Labute approximate surface area is 160 Å². The van der Waals surface area contributed by atoms with Crippen molar-refractivity contribution in [2.24, 2.45) is 0 Å². The number of ether oxygens (including phenoxy) is 1. The monoisotopic (exact) mass is 395 g/mol. The first-order chi connectivity index (χ1) is 10.7. The fraction of sp³-hybridized carbons (Fsp3) is 0.438. The lowest BCUT2D eigenvalue weighted by Gasteiger charge is -2.15. The highest BCUT2D eigenvalue weighted by molar-refractivity contribution is 6.30. The number of carbonyl (C=O) groups is 1. The predicted molar refractivity (Wildman–Crippen MR) is 104 cm³/mol. The molecule has 3 N–H and O–H groups in total. The third-order valence-electron chi connectivity index (χ3n) is 3.50. The lowest BCUT2D eigenvalue weighted by Crippen LogP contribution is -2.30. The maximum atomic E-state index is 11.8. The molecule has 1 aliphatic heterocycles. The fourth-order valence-electron chi connectivity index (χ4n) is 2.26. The third-order valence-corrected chi connectivity index (χ3v) is 3.73. The summed E-state index contributed by atoms with van der Waals surface area (Å²) in [6, 6.07) is 5.36. The second kappa shape index (κ2) is 12.3.